The number of hydrogen-bond donors (Lipinski definition) is 2. The van der Waals surface area contributed by atoms with E-state index < -0.39 is 0 Å². The summed E-state index contributed by atoms with van der Waals surface area (Å²) in [4.78, 5) is 0. The standard InChI is InChI=1S/C8H16N4/c1-7(9)3-5-10-8-4-6-11-12(8)2/h4,6-7,10H,3,5,9H2,1-2H3. The van der Waals surface area contributed by atoms with Gasteiger partial charge < -0.3 is 11.1 Å². The Morgan fingerprint density at radius 1 is 1.75 bits per heavy atom. The fourth-order valence-electron chi connectivity index (χ4n) is 0.975. The summed E-state index contributed by atoms with van der Waals surface area (Å²) in [6, 6.07) is 2.20. The van der Waals surface area contributed by atoms with Crippen molar-refractivity contribution in [1.82, 2.24) is 9.78 Å². The molecule has 1 unspecified atom stereocenters. The molecule has 1 aromatic rings. The molecule has 0 saturated heterocycles. The number of anilines is 1. The molecular formula is C8H16N4. The van der Waals surface area contributed by atoms with Crippen LogP contribution in [0.2, 0.25) is 0 Å². The summed E-state index contributed by atoms with van der Waals surface area (Å²) in [7, 11) is 1.91. The molecule has 0 aliphatic carbocycles. The molecule has 0 amide bonds. The molecule has 1 heterocycles. The molecule has 3 N–H and O–H groups in total. The van der Waals surface area contributed by atoms with Gasteiger partial charge in [0.1, 0.15) is 5.82 Å². The van der Waals surface area contributed by atoms with Crippen LogP contribution < -0.4 is 11.1 Å². The molecule has 0 aliphatic rings. The number of aromatic nitrogens is 2. The number of nitrogens with one attached hydrogen (secondary N) is 1. The lowest BCUT2D eigenvalue weighted by Gasteiger charge is -2.07. The SMILES string of the molecule is CC(N)CCNc1ccnn1C. The minimum absolute atomic E-state index is 0.255. The van der Waals surface area contributed by atoms with Gasteiger partial charge >= 0.3 is 0 Å². The van der Waals surface area contributed by atoms with Gasteiger partial charge in [0.25, 0.3) is 0 Å². The highest BCUT2D eigenvalue weighted by molar-refractivity contribution is 5.33. The lowest BCUT2D eigenvalue weighted by Crippen LogP contribution is -2.19. The highest BCUT2D eigenvalue weighted by atomic mass is 15.3. The summed E-state index contributed by atoms with van der Waals surface area (Å²) in [5.74, 6) is 1.04. The monoisotopic (exact) mass is 168 g/mol. The smallest absolute Gasteiger partial charge is 0.123 e. The van der Waals surface area contributed by atoms with Gasteiger partial charge in [0.2, 0.25) is 0 Å². The minimum atomic E-state index is 0.255. The first-order chi connectivity index (χ1) is 5.70. The van der Waals surface area contributed by atoms with Gasteiger partial charge in [0, 0.05) is 25.7 Å². The number of nitrogens with zero attached hydrogens (tertiary/aromatic N) is 2. The molecule has 12 heavy (non-hydrogen) atoms. The largest absolute Gasteiger partial charge is 0.370 e. The van der Waals surface area contributed by atoms with E-state index in [1.54, 1.807) is 10.9 Å². The van der Waals surface area contributed by atoms with E-state index in [0.29, 0.717) is 0 Å². The zero-order chi connectivity index (χ0) is 8.97. The van der Waals surface area contributed by atoms with Crippen LogP contribution in [0.1, 0.15) is 13.3 Å². The average molecular weight is 168 g/mol. The van der Waals surface area contributed by atoms with E-state index in [1.807, 2.05) is 20.0 Å². The van der Waals surface area contributed by atoms with Crippen LogP contribution in [0.15, 0.2) is 12.3 Å². The zero-order valence-electron chi connectivity index (χ0n) is 7.62. The Balaban J connectivity index is 2.29. The fourth-order valence-corrected chi connectivity index (χ4v) is 0.975. The second kappa shape index (κ2) is 4.11. The maximum Gasteiger partial charge on any atom is 0.123 e. The van der Waals surface area contributed by atoms with Crippen molar-refractivity contribution in [1.29, 1.82) is 0 Å². The molecule has 0 radical (unpaired) electrons. The topological polar surface area (TPSA) is 55.9 Å². The van der Waals surface area contributed by atoms with Gasteiger partial charge in [0.15, 0.2) is 0 Å². The third-order valence-electron chi connectivity index (χ3n) is 1.73. The van der Waals surface area contributed by atoms with Crippen LogP contribution in [-0.2, 0) is 7.05 Å². The van der Waals surface area contributed by atoms with Crippen molar-refractivity contribution in [2.24, 2.45) is 12.8 Å². The summed E-state index contributed by atoms with van der Waals surface area (Å²) in [5, 5.41) is 7.28. The van der Waals surface area contributed by atoms with E-state index in [-0.39, 0.29) is 6.04 Å². The predicted molar refractivity (Wildman–Crippen MR) is 50.0 cm³/mol. The lowest BCUT2D eigenvalue weighted by atomic mass is 10.2. The first-order valence-electron chi connectivity index (χ1n) is 4.17. The number of aryl methyl sites for hydroxylation is 1. The number of rotatable bonds is 4. The van der Waals surface area contributed by atoms with E-state index in [0.717, 1.165) is 18.8 Å². The third kappa shape index (κ3) is 2.54. The molecule has 1 aromatic heterocycles. The van der Waals surface area contributed by atoms with Gasteiger partial charge in [-0.25, -0.2) is 0 Å². The van der Waals surface area contributed by atoms with E-state index >= 15 is 0 Å². The van der Waals surface area contributed by atoms with Gasteiger partial charge in [0.05, 0.1) is 6.20 Å². The molecule has 0 spiro atoms. The molecule has 0 aliphatic heterocycles. The Bertz CT molecular complexity index is 229. The van der Waals surface area contributed by atoms with Crippen molar-refractivity contribution < 1.29 is 0 Å². The van der Waals surface area contributed by atoms with Gasteiger partial charge in [-0.2, -0.15) is 5.10 Å². The third-order valence-corrected chi connectivity index (χ3v) is 1.73. The molecular weight excluding hydrogens is 152 g/mol. The van der Waals surface area contributed by atoms with Crippen molar-refractivity contribution in [2.75, 3.05) is 11.9 Å². The van der Waals surface area contributed by atoms with Crippen molar-refractivity contribution in [3.05, 3.63) is 12.3 Å². The van der Waals surface area contributed by atoms with Crippen molar-refractivity contribution in [2.45, 2.75) is 19.4 Å². The van der Waals surface area contributed by atoms with Crippen LogP contribution in [-0.4, -0.2) is 22.4 Å². The van der Waals surface area contributed by atoms with Crippen LogP contribution in [0.5, 0.6) is 0 Å². The van der Waals surface area contributed by atoms with Crippen molar-refractivity contribution in [3.63, 3.8) is 0 Å². The van der Waals surface area contributed by atoms with Crippen LogP contribution in [0.25, 0.3) is 0 Å². The zero-order valence-corrected chi connectivity index (χ0v) is 7.62. The van der Waals surface area contributed by atoms with E-state index in [4.69, 9.17) is 5.73 Å². The normalized spacial score (nSPS) is 12.9. The summed E-state index contributed by atoms with van der Waals surface area (Å²) in [6.45, 7) is 2.90. The quantitative estimate of drug-likeness (QED) is 0.691. The molecule has 0 saturated carbocycles. The Morgan fingerprint density at radius 2 is 2.50 bits per heavy atom. The second-order valence-corrected chi connectivity index (χ2v) is 3.03. The Hall–Kier alpha value is -1.03. The number of hydrogen-bond acceptors (Lipinski definition) is 3. The molecule has 1 atom stereocenters. The molecule has 1 rings (SSSR count). The maximum absolute atomic E-state index is 5.61. The van der Waals surface area contributed by atoms with Crippen LogP contribution in [0.3, 0.4) is 0 Å². The summed E-state index contributed by atoms with van der Waals surface area (Å²) in [6.07, 6.45) is 2.75. The van der Waals surface area contributed by atoms with E-state index in [9.17, 15) is 0 Å². The highest BCUT2D eigenvalue weighted by Gasteiger charge is 1.97. The van der Waals surface area contributed by atoms with E-state index in [2.05, 4.69) is 10.4 Å². The van der Waals surface area contributed by atoms with Crippen LogP contribution in [0, 0.1) is 0 Å². The summed E-state index contributed by atoms with van der Waals surface area (Å²) >= 11 is 0. The summed E-state index contributed by atoms with van der Waals surface area (Å²) in [5.41, 5.74) is 5.61. The molecule has 0 bridgehead atoms. The maximum atomic E-state index is 5.61. The van der Waals surface area contributed by atoms with Gasteiger partial charge in [-0.05, 0) is 13.3 Å². The lowest BCUT2D eigenvalue weighted by molar-refractivity contribution is 0.682. The minimum Gasteiger partial charge on any atom is -0.370 e. The van der Waals surface area contributed by atoms with Gasteiger partial charge in [-0.15, -0.1) is 0 Å². The highest BCUT2D eigenvalue weighted by Crippen LogP contribution is 2.02. The average Bonchev–Trinajstić information content (AvgIpc) is 2.36. The first-order valence-corrected chi connectivity index (χ1v) is 4.17. The summed E-state index contributed by atoms with van der Waals surface area (Å²) < 4.78 is 1.81. The first kappa shape index (κ1) is 9.06. The molecule has 0 fully saturated rings. The van der Waals surface area contributed by atoms with Crippen LogP contribution in [0.4, 0.5) is 5.82 Å². The van der Waals surface area contributed by atoms with Gasteiger partial charge in [-0.3, -0.25) is 4.68 Å². The molecule has 4 heteroatoms. The number of nitrogens with two attached hydrogens (primary N) is 1. The predicted octanol–water partition coefficient (Wildman–Crippen LogP) is 0.569. The van der Waals surface area contributed by atoms with Gasteiger partial charge in [-0.1, -0.05) is 0 Å². The Labute approximate surface area is 72.8 Å². The molecule has 4 nitrogen and oxygen atoms in total. The van der Waals surface area contributed by atoms with Crippen molar-refractivity contribution >= 4 is 5.82 Å². The second-order valence-electron chi connectivity index (χ2n) is 3.03. The van der Waals surface area contributed by atoms with E-state index in [1.165, 1.54) is 0 Å². The Kier molecular flexibility index (Phi) is 3.10. The molecule has 68 valence electrons. The molecule has 0 aromatic carbocycles. The Morgan fingerprint density at radius 3 is 3.00 bits per heavy atom. The fraction of sp³-hybridized carbons (Fsp3) is 0.625. The van der Waals surface area contributed by atoms with Crippen molar-refractivity contribution in [3.8, 4) is 0 Å². The van der Waals surface area contributed by atoms with Crippen LogP contribution >= 0.6 is 0 Å².